The average molecular weight is 262 g/mol. The summed E-state index contributed by atoms with van der Waals surface area (Å²) in [6, 6.07) is 6.40. The number of ether oxygens (including phenoxy) is 1. The fraction of sp³-hybridized carbons (Fsp3) is 0.625. The van der Waals surface area contributed by atoms with Crippen LogP contribution >= 0.6 is 0 Å². The summed E-state index contributed by atoms with van der Waals surface area (Å²) in [4.78, 5) is 2.40. The molecular formula is C16H26N2O. The van der Waals surface area contributed by atoms with E-state index in [2.05, 4.69) is 42.4 Å². The van der Waals surface area contributed by atoms with E-state index in [0.29, 0.717) is 0 Å². The summed E-state index contributed by atoms with van der Waals surface area (Å²) in [7, 11) is 3.95. The third-order valence-electron chi connectivity index (χ3n) is 3.96. The molecule has 1 aliphatic rings. The Morgan fingerprint density at radius 1 is 1.42 bits per heavy atom. The summed E-state index contributed by atoms with van der Waals surface area (Å²) in [5.41, 5.74) is 2.58. The van der Waals surface area contributed by atoms with Gasteiger partial charge in [-0.05, 0) is 58.4 Å². The van der Waals surface area contributed by atoms with Crippen LogP contribution in [0.3, 0.4) is 0 Å². The van der Waals surface area contributed by atoms with Crippen LogP contribution < -0.4 is 10.1 Å². The van der Waals surface area contributed by atoms with E-state index in [1.54, 1.807) is 7.11 Å². The molecule has 1 heterocycles. The molecule has 3 heteroatoms. The van der Waals surface area contributed by atoms with Crippen molar-refractivity contribution in [1.82, 2.24) is 10.2 Å². The summed E-state index contributed by atoms with van der Waals surface area (Å²) >= 11 is 0. The van der Waals surface area contributed by atoms with Crippen molar-refractivity contribution in [2.75, 3.05) is 33.8 Å². The zero-order chi connectivity index (χ0) is 13.7. The standard InChI is InChI=1S/C16H26N2O/c1-13-4-5-16(19-3)15(10-13)12-18(2)9-7-14-6-8-17-11-14/h4-5,10,14,17H,6-9,11-12H2,1-3H3. The van der Waals surface area contributed by atoms with Crippen molar-refractivity contribution in [3.8, 4) is 5.75 Å². The van der Waals surface area contributed by atoms with Gasteiger partial charge < -0.3 is 15.0 Å². The Balaban J connectivity index is 1.86. The largest absolute Gasteiger partial charge is 0.496 e. The van der Waals surface area contributed by atoms with Crippen LogP contribution in [0.2, 0.25) is 0 Å². The number of benzene rings is 1. The molecular weight excluding hydrogens is 236 g/mol. The van der Waals surface area contributed by atoms with Gasteiger partial charge in [-0.2, -0.15) is 0 Å². The first-order valence-electron chi connectivity index (χ1n) is 7.22. The van der Waals surface area contributed by atoms with E-state index in [0.717, 1.165) is 24.8 Å². The predicted molar refractivity (Wildman–Crippen MR) is 79.7 cm³/mol. The third kappa shape index (κ3) is 4.22. The molecule has 1 saturated heterocycles. The Hall–Kier alpha value is -1.06. The van der Waals surface area contributed by atoms with E-state index in [1.165, 1.54) is 37.1 Å². The minimum absolute atomic E-state index is 0.863. The molecule has 1 aromatic rings. The van der Waals surface area contributed by atoms with Crippen molar-refractivity contribution in [3.05, 3.63) is 29.3 Å². The van der Waals surface area contributed by atoms with Gasteiger partial charge in [-0.25, -0.2) is 0 Å². The molecule has 0 saturated carbocycles. The number of nitrogens with zero attached hydrogens (tertiary/aromatic N) is 1. The number of methoxy groups -OCH3 is 1. The molecule has 106 valence electrons. The highest BCUT2D eigenvalue weighted by atomic mass is 16.5. The van der Waals surface area contributed by atoms with E-state index in [9.17, 15) is 0 Å². The third-order valence-corrected chi connectivity index (χ3v) is 3.96. The molecule has 1 atom stereocenters. The monoisotopic (exact) mass is 262 g/mol. The molecule has 1 fully saturated rings. The number of nitrogens with one attached hydrogen (secondary N) is 1. The molecule has 1 aromatic carbocycles. The highest BCUT2D eigenvalue weighted by molar-refractivity contribution is 5.36. The lowest BCUT2D eigenvalue weighted by molar-refractivity contribution is 0.292. The van der Waals surface area contributed by atoms with E-state index in [1.807, 2.05) is 0 Å². The van der Waals surface area contributed by atoms with E-state index >= 15 is 0 Å². The van der Waals surface area contributed by atoms with Gasteiger partial charge in [0, 0.05) is 12.1 Å². The summed E-state index contributed by atoms with van der Waals surface area (Å²) in [6.07, 6.45) is 2.62. The summed E-state index contributed by atoms with van der Waals surface area (Å²) in [5, 5.41) is 3.43. The number of hydrogen-bond acceptors (Lipinski definition) is 3. The van der Waals surface area contributed by atoms with Crippen LogP contribution in [0.4, 0.5) is 0 Å². The first-order chi connectivity index (χ1) is 9.19. The second-order valence-corrected chi connectivity index (χ2v) is 5.70. The van der Waals surface area contributed by atoms with Gasteiger partial charge in [-0.1, -0.05) is 17.7 Å². The minimum atomic E-state index is 0.863. The molecule has 0 radical (unpaired) electrons. The van der Waals surface area contributed by atoms with Crippen molar-refractivity contribution >= 4 is 0 Å². The fourth-order valence-electron chi connectivity index (χ4n) is 2.76. The molecule has 0 aliphatic carbocycles. The lowest BCUT2D eigenvalue weighted by Gasteiger charge is -2.20. The van der Waals surface area contributed by atoms with E-state index in [-0.39, 0.29) is 0 Å². The number of hydrogen-bond donors (Lipinski definition) is 1. The predicted octanol–water partition coefficient (Wildman–Crippen LogP) is 2.44. The smallest absolute Gasteiger partial charge is 0.123 e. The molecule has 2 rings (SSSR count). The van der Waals surface area contributed by atoms with Crippen LogP contribution in [-0.2, 0) is 6.54 Å². The van der Waals surface area contributed by atoms with Crippen LogP contribution in [0.15, 0.2) is 18.2 Å². The Morgan fingerprint density at radius 3 is 2.95 bits per heavy atom. The first-order valence-corrected chi connectivity index (χ1v) is 7.22. The van der Waals surface area contributed by atoms with Crippen LogP contribution in [0, 0.1) is 12.8 Å². The molecule has 0 spiro atoms. The average Bonchev–Trinajstić information content (AvgIpc) is 2.90. The quantitative estimate of drug-likeness (QED) is 0.852. The summed E-state index contributed by atoms with van der Waals surface area (Å²) < 4.78 is 5.44. The molecule has 1 unspecified atom stereocenters. The Bertz CT molecular complexity index is 400. The minimum Gasteiger partial charge on any atom is -0.496 e. The van der Waals surface area contributed by atoms with Crippen LogP contribution in [0.1, 0.15) is 24.0 Å². The van der Waals surface area contributed by atoms with Crippen LogP contribution in [0.25, 0.3) is 0 Å². The maximum absolute atomic E-state index is 5.44. The van der Waals surface area contributed by atoms with Crippen molar-refractivity contribution in [2.24, 2.45) is 5.92 Å². The van der Waals surface area contributed by atoms with E-state index in [4.69, 9.17) is 4.74 Å². The lowest BCUT2D eigenvalue weighted by Crippen LogP contribution is -2.22. The van der Waals surface area contributed by atoms with Gasteiger partial charge in [-0.15, -0.1) is 0 Å². The van der Waals surface area contributed by atoms with Gasteiger partial charge in [0.1, 0.15) is 5.75 Å². The van der Waals surface area contributed by atoms with Crippen molar-refractivity contribution in [3.63, 3.8) is 0 Å². The van der Waals surface area contributed by atoms with Gasteiger partial charge in [0.2, 0.25) is 0 Å². The molecule has 3 nitrogen and oxygen atoms in total. The van der Waals surface area contributed by atoms with E-state index < -0.39 is 0 Å². The highest BCUT2D eigenvalue weighted by Crippen LogP contribution is 2.21. The van der Waals surface area contributed by atoms with Gasteiger partial charge in [0.15, 0.2) is 0 Å². The van der Waals surface area contributed by atoms with Crippen LogP contribution in [0.5, 0.6) is 5.75 Å². The Labute approximate surface area is 116 Å². The van der Waals surface area contributed by atoms with Gasteiger partial charge in [0.25, 0.3) is 0 Å². The van der Waals surface area contributed by atoms with Crippen molar-refractivity contribution in [2.45, 2.75) is 26.3 Å². The molecule has 0 bridgehead atoms. The Kier molecular flexibility index (Phi) is 5.23. The molecule has 19 heavy (non-hydrogen) atoms. The molecule has 0 amide bonds. The van der Waals surface area contributed by atoms with Crippen molar-refractivity contribution < 1.29 is 4.74 Å². The summed E-state index contributed by atoms with van der Waals surface area (Å²) in [5.74, 6) is 1.86. The van der Waals surface area contributed by atoms with Gasteiger partial charge in [0.05, 0.1) is 7.11 Å². The molecule has 1 N–H and O–H groups in total. The first kappa shape index (κ1) is 14.4. The highest BCUT2D eigenvalue weighted by Gasteiger charge is 2.15. The van der Waals surface area contributed by atoms with Gasteiger partial charge >= 0.3 is 0 Å². The number of rotatable bonds is 6. The maximum atomic E-state index is 5.44. The number of aryl methyl sites for hydroxylation is 1. The van der Waals surface area contributed by atoms with Crippen LogP contribution in [-0.4, -0.2) is 38.7 Å². The molecule has 0 aromatic heterocycles. The normalized spacial score (nSPS) is 19.1. The topological polar surface area (TPSA) is 24.5 Å². The second kappa shape index (κ2) is 6.92. The zero-order valence-corrected chi connectivity index (χ0v) is 12.4. The zero-order valence-electron chi connectivity index (χ0n) is 12.4. The van der Waals surface area contributed by atoms with Gasteiger partial charge in [-0.3, -0.25) is 0 Å². The van der Waals surface area contributed by atoms with Crippen molar-refractivity contribution in [1.29, 1.82) is 0 Å². The molecule has 1 aliphatic heterocycles. The lowest BCUT2D eigenvalue weighted by atomic mass is 10.0. The SMILES string of the molecule is COc1ccc(C)cc1CN(C)CCC1CCNC1. The maximum Gasteiger partial charge on any atom is 0.123 e. The second-order valence-electron chi connectivity index (χ2n) is 5.70. The Morgan fingerprint density at radius 2 is 2.26 bits per heavy atom. The summed E-state index contributed by atoms with van der Waals surface area (Å²) in [6.45, 7) is 6.64. The fourth-order valence-corrected chi connectivity index (χ4v) is 2.76.